The largest absolute Gasteiger partial charge is 0.491 e. The van der Waals surface area contributed by atoms with Crippen molar-refractivity contribution >= 4 is 11.9 Å². The van der Waals surface area contributed by atoms with Crippen molar-refractivity contribution in [3.63, 3.8) is 0 Å². The summed E-state index contributed by atoms with van der Waals surface area (Å²) in [5, 5.41) is 0. The fraction of sp³-hybridized carbons (Fsp3) is 0.481. The summed E-state index contributed by atoms with van der Waals surface area (Å²) in [6.07, 6.45) is 2.69. The van der Waals surface area contributed by atoms with Crippen molar-refractivity contribution in [2.24, 2.45) is 0 Å². The number of hydrogen-bond acceptors (Lipinski definition) is 5. The van der Waals surface area contributed by atoms with E-state index in [0.29, 0.717) is 19.3 Å². The third-order valence-electron chi connectivity index (χ3n) is 6.15. The Bertz CT molecular complexity index is 1000. The van der Waals surface area contributed by atoms with Gasteiger partial charge in [0.15, 0.2) is 17.7 Å². The van der Waals surface area contributed by atoms with Crippen LogP contribution in [-0.4, -0.2) is 30.8 Å². The predicted molar refractivity (Wildman–Crippen MR) is 124 cm³/mol. The molecule has 8 heteroatoms. The van der Waals surface area contributed by atoms with Crippen molar-refractivity contribution in [3.05, 3.63) is 59.2 Å². The number of benzene rings is 2. The summed E-state index contributed by atoms with van der Waals surface area (Å²) in [6, 6.07) is 9.15. The quantitative estimate of drug-likeness (QED) is 0.273. The molecule has 0 heterocycles. The second kappa shape index (κ2) is 12.6. The van der Waals surface area contributed by atoms with E-state index in [1.54, 1.807) is 19.1 Å². The summed E-state index contributed by atoms with van der Waals surface area (Å²) in [6.45, 7) is 3.74. The van der Waals surface area contributed by atoms with Crippen LogP contribution >= 0.6 is 0 Å². The zero-order valence-electron chi connectivity index (χ0n) is 20.0. The normalized spacial score (nSPS) is 18.5. The predicted octanol–water partition coefficient (Wildman–Crippen LogP) is 6.68. The van der Waals surface area contributed by atoms with Gasteiger partial charge in [-0.25, -0.2) is 18.4 Å². The first-order valence-corrected chi connectivity index (χ1v) is 12.1. The molecular weight excluding hydrogens is 461 g/mol. The molecule has 1 atom stereocenters. The van der Waals surface area contributed by atoms with E-state index >= 15 is 0 Å². The Morgan fingerprint density at radius 3 is 2.29 bits per heavy atom. The van der Waals surface area contributed by atoms with Crippen molar-refractivity contribution in [2.45, 2.75) is 77.0 Å². The van der Waals surface area contributed by atoms with Crippen LogP contribution in [0, 0.1) is 11.6 Å². The van der Waals surface area contributed by atoms with Gasteiger partial charge in [0.2, 0.25) is 5.82 Å². The third-order valence-corrected chi connectivity index (χ3v) is 6.15. The average molecular weight is 493 g/mol. The zero-order chi connectivity index (χ0) is 25.4. The lowest BCUT2D eigenvalue weighted by atomic mass is 9.83. The van der Waals surface area contributed by atoms with Crippen LogP contribution in [0.1, 0.15) is 80.6 Å². The highest BCUT2D eigenvalue weighted by molar-refractivity contribution is 5.91. The van der Waals surface area contributed by atoms with Gasteiger partial charge in [-0.2, -0.15) is 4.39 Å². The molecule has 0 amide bonds. The maximum atomic E-state index is 14.2. The fourth-order valence-electron chi connectivity index (χ4n) is 4.18. The number of carbonyl (C=O) groups excluding carboxylic acids is 2. The van der Waals surface area contributed by atoms with Crippen LogP contribution in [0.3, 0.4) is 0 Å². The summed E-state index contributed by atoms with van der Waals surface area (Å²) in [5.41, 5.74) is 0.507. The lowest BCUT2D eigenvalue weighted by Gasteiger charge is -2.29. The number of esters is 2. The van der Waals surface area contributed by atoms with Gasteiger partial charge in [0.05, 0.1) is 12.2 Å². The van der Waals surface area contributed by atoms with Gasteiger partial charge in [-0.05, 0) is 74.8 Å². The van der Waals surface area contributed by atoms with Crippen molar-refractivity contribution in [1.82, 2.24) is 0 Å². The molecule has 0 saturated heterocycles. The molecule has 0 aliphatic heterocycles. The van der Waals surface area contributed by atoms with Crippen LogP contribution in [0.5, 0.6) is 11.5 Å². The molecule has 0 radical (unpaired) electrons. The molecule has 0 aromatic heterocycles. The summed E-state index contributed by atoms with van der Waals surface area (Å²) < 4.78 is 57.7. The molecule has 2 aromatic carbocycles. The van der Waals surface area contributed by atoms with E-state index in [4.69, 9.17) is 14.2 Å². The Morgan fingerprint density at radius 2 is 1.66 bits per heavy atom. The minimum atomic E-state index is -1.56. The van der Waals surface area contributed by atoms with Crippen molar-refractivity contribution in [2.75, 3.05) is 6.61 Å². The lowest BCUT2D eigenvalue weighted by molar-refractivity contribution is -0.157. The van der Waals surface area contributed by atoms with Crippen LogP contribution in [0.15, 0.2) is 36.4 Å². The second-order valence-electron chi connectivity index (χ2n) is 8.65. The highest BCUT2D eigenvalue weighted by atomic mass is 19.2. The Hall–Kier alpha value is -3.03. The van der Waals surface area contributed by atoms with Crippen LogP contribution in [-0.2, 0) is 9.53 Å². The molecule has 190 valence electrons. The van der Waals surface area contributed by atoms with Crippen LogP contribution < -0.4 is 9.47 Å². The molecule has 0 bridgehead atoms. The summed E-state index contributed by atoms with van der Waals surface area (Å²) in [7, 11) is 0. The first-order valence-electron chi connectivity index (χ1n) is 12.1. The number of hydrogen-bond donors (Lipinski definition) is 0. The van der Waals surface area contributed by atoms with Gasteiger partial charge in [-0.1, -0.05) is 31.9 Å². The number of alkyl halides is 1. The van der Waals surface area contributed by atoms with Crippen LogP contribution in [0.2, 0.25) is 0 Å². The molecule has 3 rings (SSSR count). The maximum absolute atomic E-state index is 14.2. The summed E-state index contributed by atoms with van der Waals surface area (Å²) >= 11 is 0. The Kier molecular flexibility index (Phi) is 9.57. The minimum Gasteiger partial charge on any atom is -0.491 e. The summed E-state index contributed by atoms with van der Waals surface area (Å²) in [5.74, 6) is -4.16. The third kappa shape index (κ3) is 6.99. The van der Waals surface area contributed by atoms with E-state index in [-0.39, 0.29) is 36.5 Å². The number of halogens is 3. The van der Waals surface area contributed by atoms with E-state index in [0.717, 1.165) is 30.9 Å². The molecule has 0 N–H and O–H groups in total. The van der Waals surface area contributed by atoms with E-state index in [1.165, 1.54) is 6.07 Å². The molecule has 5 nitrogen and oxygen atoms in total. The fourth-order valence-corrected chi connectivity index (χ4v) is 4.18. The van der Waals surface area contributed by atoms with Gasteiger partial charge in [0.25, 0.3) is 0 Å². The van der Waals surface area contributed by atoms with E-state index < -0.39 is 35.3 Å². The molecule has 1 aliphatic rings. The molecule has 2 aromatic rings. The number of carbonyl (C=O) groups is 2. The minimum absolute atomic E-state index is 0.163. The van der Waals surface area contributed by atoms with Gasteiger partial charge >= 0.3 is 11.9 Å². The molecule has 0 spiro atoms. The Labute approximate surface area is 203 Å². The molecule has 1 aliphatic carbocycles. The number of ether oxygens (including phenoxy) is 3. The first-order chi connectivity index (χ1) is 16.8. The Morgan fingerprint density at radius 1 is 0.971 bits per heavy atom. The summed E-state index contributed by atoms with van der Waals surface area (Å²) in [4.78, 5) is 24.2. The van der Waals surface area contributed by atoms with Crippen LogP contribution in [0.25, 0.3) is 0 Å². The van der Waals surface area contributed by atoms with E-state index in [9.17, 15) is 22.8 Å². The average Bonchev–Trinajstić information content (AvgIpc) is 2.86. The smallest absolute Gasteiger partial charge is 0.346 e. The van der Waals surface area contributed by atoms with Crippen LogP contribution in [0.4, 0.5) is 13.2 Å². The van der Waals surface area contributed by atoms with Gasteiger partial charge in [-0.3, -0.25) is 0 Å². The highest BCUT2D eigenvalue weighted by Crippen LogP contribution is 2.35. The number of rotatable bonds is 10. The van der Waals surface area contributed by atoms with E-state index in [1.807, 2.05) is 19.1 Å². The standard InChI is InChI=1S/C27H31F3O5/c1-3-5-6-22(28)27(32)35-20-13-9-18(10-14-20)17-7-11-19(12-8-17)34-26(31)21-15-16-23(33-4-2)25(30)24(21)29/h7-8,11-12,15-16,18,20,22H,3-6,9-10,13-14H2,1-2H3/t18?,20?,22-/m0/s1. The zero-order valence-corrected chi connectivity index (χ0v) is 20.0. The second-order valence-corrected chi connectivity index (χ2v) is 8.65. The van der Waals surface area contributed by atoms with Gasteiger partial charge in [0.1, 0.15) is 11.9 Å². The topological polar surface area (TPSA) is 61.8 Å². The van der Waals surface area contributed by atoms with Gasteiger partial charge in [0, 0.05) is 0 Å². The number of unbranched alkanes of at least 4 members (excludes halogenated alkanes) is 1. The van der Waals surface area contributed by atoms with Gasteiger partial charge in [-0.15, -0.1) is 0 Å². The molecule has 0 unspecified atom stereocenters. The lowest BCUT2D eigenvalue weighted by Crippen LogP contribution is -2.28. The molecular formula is C27H31F3O5. The van der Waals surface area contributed by atoms with Crippen molar-refractivity contribution in [1.29, 1.82) is 0 Å². The Balaban J connectivity index is 1.52. The first kappa shape index (κ1) is 26.6. The van der Waals surface area contributed by atoms with E-state index in [2.05, 4.69) is 0 Å². The van der Waals surface area contributed by atoms with Gasteiger partial charge < -0.3 is 14.2 Å². The monoisotopic (exact) mass is 492 g/mol. The molecule has 35 heavy (non-hydrogen) atoms. The van der Waals surface area contributed by atoms with Crippen molar-refractivity contribution < 1.29 is 37.0 Å². The van der Waals surface area contributed by atoms with Crippen molar-refractivity contribution in [3.8, 4) is 11.5 Å². The maximum Gasteiger partial charge on any atom is 0.346 e. The molecule has 1 fully saturated rings. The SMILES string of the molecule is CCCC[C@H](F)C(=O)OC1CCC(c2ccc(OC(=O)c3ccc(OCC)c(F)c3F)cc2)CC1. The molecule has 1 saturated carbocycles. The highest BCUT2D eigenvalue weighted by Gasteiger charge is 2.28.